The van der Waals surface area contributed by atoms with Crippen molar-refractivity contribution in [2.24, 2.45) is 7.05 Å². The minimum atomic E-state index is -3.55. The topological polar surface area (TPSA) is 81.2 Å². The Morgan fingerprint density at radius 1 is 1.53 bits per heavy atom. The molecule has 0 aliphatic rings. The molecule has 0 aromatic carbocycles. The van der Waals surface area contributed by atoms with E-state index in [-0.39, 0.29) is 16.9 Å². The van der Waals surface area contributed by atoms with Crippen LogP contribution in [0, 0.1) is 0 Å². The molecule has 0 spiro atoms. The van der Waals surface area contributed by atoms with Crippen LogP contribution < -0.4 is 5.73 Å². The second kappa shape index (κ2) is 3.82. The molecule has 1 aromatic heterocycles. The summed E-state index contributed by atoms with van der Waals surface area (Å²) in [7, 11) is -0.426. The molecule has 0 bridgehead atoms. The zero-order valence-corrected chi connectivity index (χ0v) is 10.1. The summed E-state index contributed by atoms with van der Waals surface area (Å²) in [6.07, 6.45) is 1.39. The number of aryl methyl sites for hydroxylation is 1. The van der Waals surface area contributed by atoms with Crippen molar-refractivity contribution in [1.29, 1.82) is 0 Å². The summed E-state index contributed by atoms with van der Waals surface area (Å²) in [6.45, 7) is 3.59. The second-order valence-electron chi connectivity index (χ2n) is 3.66. The smallest absolute Gasteiger partial charge is 0.262 e. The highest BCUT2D eigenvalue weighted by Crippen LogP contribution is 2.20. The van der Waals surface area contributed by atoms with Crippen LogP contribution in [-0.2, 0) is 17.1 Å². The van der Waals surface area contributed by atoms with E-state index >= 15 is 0 Å². The zero-order chi connectivity index (χ0) is 11.8. The molecular formula is C8H16N4O2S. The van der Waals surface area contributed by atoms with Crippen molar-refractivity contribution in [1.82, 2.24) is 13.9 Å². The van der Waals surface area contributed by atoms with E-state index in [1.807, 2.05) is 0 Å². The summed E-state index contributed by atoms with van der Waals surface area (Å²) in [5.41, 5.74) is 5.53. The average molecular weight is 232 g/mol. The summed E-state index contributed by atoms with van der Waals surface area (Å²) >= 11 is 0. The van der Waals surface area contributed by atoms with Gasteiger partial charge in [0.05, 0.1) is 6.33 Å². The molecule has 7 heteroatoms. The van der Waals surface area contributed by atoms with Gasteiger partial charge in [-0.15, -0.1) is 0 Å². The van der Waals surface area contributed by atoms with E-state index in [2.05, 4.69) is 4.98 Å². The van der Waals surface area contributed by atoms with Crippen molar-refractivity contribution >= 4 is 15.8 Å². The lowest BCUT2D eigenvalue weighted by Crippen LogP contribution is -2.34. The zero-order valence-electron chi connectivity index (χ0n) is 9.30. The number of sulfonamides is 1. The van der Waals surface area contributed by atoms with Crippen molar-refractivity contribution in [2.45, 2.75) is 24.9 Å². The Morgan fingerprint density at radius 3 is 2.40 bits per heavy atom. The van der Waals surface area contributed by atoms with Crippen LogP contribution in [0.5, 0.6) is 0 Å². The van der Waals surface area contributed by atoms with E-state index in [9.17, 15) is 8.42 Å². The number of rotatable bonds is 3. The molecular weight excluding hydrogens is 216 g/mol. The molecule has 2 N–H and O–H groups in total. The molecule has 1 rings (SSSR count). The fourth-order valence-electron chi connectivity index (χ4n) is 1.17. The molecule has 0 aliphatic heterocycles. The number of hydrogen-bond acceptors (Lipinski definition) is 4. The molecule has 0 amide bonds. The highest BCUT2D eigenvalue weighted by atomic mass is 32.2. The van der Waals surface area contributed by atoms with Crippen molar-refractivity contribution < 1.29 is 8.42 Å². The van der Waals surface area contributed by atoms with Crippen molar-refractivity contribution in [3.8, 4) is 0 Å². The van der Waals surface area contributed by atoms with E-state index in [1.165, 1.54) is 22.2 Å². The van der Waals surface area contributed by atoms with Crippen LogP contribution in [0.15, 0.2) is 11.4 Å². The number of nitrogen functional groups attached to an aromatic ring is 1. The van der Waals surface area contributed by atoms with Gasteiger partial charge >= 0.3 is 0 Å². The molecule has 0 saturated carbocycles. The largest absolute Gasteiger partial charge is 0.381 e. The van der Waals surface area contributed by atoms with Crippen LogP contribution >= 0.6 is 0 Å². The van der Waals surface area contributed by atoms with Crippen LogP contribution in [0.1, 0.15) is 13.8 Å². The lowest BCUT2D eigenvalue weighted by atomic mass is 10.4. The summed E-state index contributed by atoms with van der Waals surface area (Å²) in [6, 6.07) is -0.121. The van der Waals surface area contributed by atoms with Gasteiger partial charge in [-0.05, 0) is 13.8 Å². The molecule has 0 atom stereocenters. The van der Waals surface area contributed by atoms with Gasteiger partial charge in [0, 0.05) is 20.1 Å². The van der Waals surface area contributed by atoms with E-state index in [1.54, 1.807) is 20.9 Å². The Labute approximate surface area is 89.8 Å². The van der Waals surface area contributed by atoms with Gasteiger partial charge in [-0.3, -0.25) is 0 Å². The van der Waals surface area contributed by atoms with Gasteiger partial charge in [0.25, 0.3) is 10.0 Å². The predicted octanol–water partition coefficient (Wildman–Crippen LogP) is 0.0312. The lowest BCUT2D eigenvalue weighted by Gasteiger charge is -2.21. The number of nitrogens with two attached hydrogens (primary N) is 1. The molecule has 1 aromatic rings. The highest BCUT2D eigenvalue weighted by Gasteiger charge is 2.28. The van der Waals surface area contributed by atoms with Gasteiger partial charge < -0.3 is 10.3 Å². The van der Waals surface area contributed by atoms with Crippen molar-refractivity contribution in [3.05, 3.63) is 6.33 Å². The van der Waals surface area contributed by atoms with Crippen LogP contribution in [-0.4, -0.2) is 35.4 Å². The molecule has 0 radical (unpaired) electrons. The molecule has 15 heavy (non-hydrogen) atoms. The normalized spacial score (nSPS) is 12.7. The van der Waals surface area contributed by atoms with Crippen LogP contribution in [0.25, 0.3) is 0 Å². The average Bonchev–Trinajstić information content (AvgIpc) is 2.44. The monoisotopic (exact) mass is 232 g/mol. The molecule has 0 fully saturated rings. The third-order valence-electron chi connectivity index (χ3n) is 2.26. The first kappa shape index (κ1) is 12.0. The first-order chi connectivity index (χ1) is 6.78. The third-order valence-corrected chi connectivity index (χ3v) is 4.43. The quantitative estimate of drug-likeness (QED) is 0.797. The predicted molar refractivity (Wildman–Crippen MR) is 57.7 cm³/mol. The van der Waals surface area contributed by atoms with Crippen molar-refractivity contribution in [2.75, 3.05) is 12.8 Å². The van der Waals surface area contributed by atoms with E-state index in [4.69, 9.17) is 5.73 Å². The van der Waals surface area contributed by atoms with Gasteiger partial charge in [-0.2, -0.15) is 4.31 Å². The number of nitrogens with zero attached hydrogens (tertiary/aromatic N) is 3. The van der Waals surface area contributed by atoms with E-state index < -0.39 is 10.0 Å². The fourth-order valence-corrected chi connectivity index (χ4v) is 2.72. The SMILES string of the molecule is CC(C)N(C)S(=O)(=O)c1c(N)ncn1C. The Hall–Kier alpha value is -1.08. The van der Waals surface area contributed by atoms with Crippen LogP contribution in [0.2, 0.25) is 0 Å². The molecule has 1 heterocycles. The van der Waals surface area contributed by atoms with E-state index in [0.29, 0.717) is 0 Å². The van der Waals surface area contributed by atoms with Gasteiger partial charge in [0.1, 0.15) is 0 Å². The number of aromatic nitrogens is 2. The van der Waals surface area contributed by atoms with Gasteiger partial charge in [-0.1, -0.05) is 0 Å². The summed E-state index contributed by atoms with van der Waals surface area (Å²) in [4.78, 5) is 3.76. The Balaban J connectivity index is 3.29. The van der Waals surface area contributed by atoms with E-state index in [0.717, 1.165) is 0 Å². The molecule has 86 valence electrons. The van der Waals surface area contributed by atoms with Gasteiger partial charge in [0.2, 0.25) is 0 Å². The molecule has 0 aliphatic carbocycles. The maximum Gasteiger partial charge on any atom is 0.262 e. The Morgan fingerprint density at radius 2 is 2.07 bits per heavy atom. The minimum absolute atomic E-state index is 0.0324. The summed E-state index contributed by atoms with van der Waals surface area (Å²) < 4.78 is 26.8. The lowest BCUT2D eigenvalue weighted by molar-refractivity contribution is 0.407. The Bertz CT molecular complexity index is 430. The van der Waals surface area contributed by atoms with Crippen molar-refractivity contribution in [3.63, 3.8) is 0 Å². The van der Waals surface area contributed by atoms with Crippen LogP contribution in [0.3, 0.4) is 0 Å². The number of anilines is 1. The number of imidazole rings is 1. The standard InChI is InChI=1S/C8H16N4O2S/c1-6(2)12(4)15(13,14)8-7(9)10-5-11(8)3/h5-6H,9H2,1-4H3. The summed E-state index contributed by atoms with van der Waals surface area (Å²) in [5.74, 6) is 0.0324. The molecule has 0 unspecified atom stereocenters. The minimum Gasteiger partial charge on any atom is -0.381 e. The maximum absolute atomic E-state index is 12.1. The summed E-state index contributed by atoms with van der Waals surface area (Å²) in [5, 5.41) is 0.0405. The number of hydrogen-bond donors (Lipinski definition) is 1. The van der Waals surface area contributed by atoms with Gasteiger partial charge in [-0.25, -0.2) is 13.4 Å². The van der Waals surface area contributed by atoms with Gasteiger partial charge in [0.15, 0.2) is 10.8 Å². The highest BCUT2D eigenvalue weighted by molar-refractivity contribution is 7.89. The molecule has 0 saturated heterocycles. The third kappa shape index (κ3) is 1.98. The molecule has 6 nitrogen and oxygen atoms in total. The van der Waals surface area contributed by atoms with Crippen LogP contribution in [0.4, 0.5) is 5.82 Å². The maximum atomic E-state index is 12.1. The Kier molecular flexibility index (Phi) is 3.05. The second-order valence-corrected chi connectivity index (χ2v) is 5.57. The first-order valence-electron chi connectivity index (χ1n) is 4.53. The fraction of sp³-hybridized carbons (Fsp3) is 0.625. The first-order valence-corrected chi connectivity index (χ1v) is 5.97.